The summed E-state index contributed by atoms with van der Waals surface area (Å²) in [6.07, 6.45) is 0. The smallest absolute Gasteiger partial charge is 0.341 e. The molecule has 0 spiro atoms. The second-order valence-corrected chi connectivity index (χ2v) is 4.92. The average Bonchev–Trinajstić information content (AvgIpc) is 2.90. The number of anilines is 1. The molecule has 0 amide bonds. The summed E-state index contributed by atoms with van der Waals surface area (Å²) in [6.45, 7) is 0.506. The zero-order valence-electron chi connectivity index (χ0n) is 12.0. The lowest BCUT2D eigenvalue weighted by Crippen LogP contribution is -2.08. The molecule has 0 N–H and O–H groups in total. The lowest BCUT2D eigenvalue weighted by atomic mass is 10.2. The van der Waals surface area contributed by atoms with E-state index >= 15 is 0 Å². The van der Waals surface area contributed by atoms with Crippen LogP contribution < -0.4 is 4.90 Å². The molecular weight excluding hydrogens is 264 g/mol. The molecule has 0 radical (unpaired) electrons. The van der Waals surface area contributed by atoms with E-state index < -0.39 is 0 Å². The molecule has 0 saturated carbocycles. The molecule has 0 fully saturated rings. The standard InChI is InChI=1S/C16H16N4O/c1-20(2)13-9-7-12(8-10-13)11-17-19-16-18-14-5-3-4-6-15(14)21-16/h3-10H,11H2,1-2H3. The molecule has 0 bridgehead atoms. The highest BCUT2D eigenvalue weighted by molar-refractivity contribution is 5.73. The molecule has 106 valence electrons. The molecule has 0 unspecified atom stereocenters. The highest BCUT2D eigenvalue weighted by Gasteiger charge is 2.02. The van der Waals surface area contributed by atoms with Gasteiger partial charge in [-0.25, -0.2) is 0 Å². The van der Waals surface area contributed by atoms with Crippen molar-refractivity contribution >= 4 is 22.8 Å². The minimum absolute atomic E-state index is 0.293. The van der Waals surface area contributed by atoms with Gasteiger partial charge in [0.15, 0.2) is 5.58 Å². The summed E-state index contributed by atoms with van der Waals surface area (Å²) in [6, 6.07) is 16.1. The Morgan fingerprint density at radius 3 is 2.52 bits per heavy atom. The molecule has 0 aliphatic rings. The van der Waals surface area contributed by atoms with Crippen LogP contribution in [0.2, 0.25) is 0 Å². The van der Waals surface area contributed by atoms with Gasteiger partial charge in [0.05, 0.1) is 6.54 Å². The van der Waals surface area contributed by atoms with Crippen LogP contribution in [0.25, 0.3) is 11.1 Å². The molecule has 0 saturated heterocycles. The number of fused-ring (bicyclic) bond motifs is 1. The van der Waals surface area contributed by atoms with Crippen LogP contribution in [-0.2, 0) is 6.54 Å². The molecule has 5 heteroatoms. The summed E-state index contributed by atoms with van der Waals surface area (Å²) < 4.78 is 5.48. The van der Waals surface area contributed by atoms with Crippen molar-refractivity contribution in [1.29, 1.82) is 0 Å². The van der Waals surface area contributed by atoms with Gasteiger partial charge in [-0.2, -0.15) is 10.1 Å². The Bertz CT molecular complexity index is 726. The fourth-order valence-electron chi connectivity index (χ4n) is 1.98. The van der Waals surface area contributed by atoms with E-state index in [1.165, 1.54) is 0 Å². The number of oxazole rings is 1. The van der Waals surface area contributed by atoms with Gasteiger partial charge in [-0.05, 0) is 29.8 Å². The Balaban J connectivity index is 1.68. The number of para-hydroxylation sites is 2. The third-order valence-corrected chi connectivity index (χ3v) is 3.14. The first kappa shape index (κ1) is 13.3. The van der Waals surface area contributed by atoms with Gasteiger partial charge in [-0.3, -0.25) is 0 Å². The molecule has 3 rings (SSSR count). The fourth-order valence-corrected chi connectivity index (χ4v) is 1.98. The summed E-state index contributed by atoms with van der Waals surface area (Å²) in [7, 11) is 4.03. The first-order valence-electron chi connectivity index (χ1n) is 6.72. The van der Waals surface area contributed by atoms with Crippen LogP contribution >= 0.6 is 0 Å². The van der Waals surface area contributed by atoms with Crippen LogP contribution in [0, 0.1) is 0 Å². The molecule has 3 aromatic rings. The van der Waals surface area contributed by atoms with Crippen molar-refractivity contribution in [2.45, 2.75) is 6.54 Å². The van der Waals surface area contributed by atoms with Crippen LogP contribution in [0.4, 0.5) is 11.7 Å². The predicted octanol–water partition coefficient (Wildman–Crippen LogP) is 4.18. The molecule has 1 heterocycles. The Labute approximate surface area is 122 Å². The van der Waals surface area contributed by atoms with Gasteiger partial charge in [0.25, 0.3) is 0 Å². The first-order chi connectivity index (χ1) is 10.2. The van der Waals surface area contributed by atoms with Crippen molar-refractivity contribution in [2.75, 3.05) is 19.0 Å². The van der Waals surface area contributed by atoms with E-state index in [2.05, 4.69) is 32.2 Å². The molecule has 0 atom stereocenters. The van der Waals surface area contributed by atoms with Crippen LogP contribution in [0.5, 0.6) is 0 Å². The van der Waals surface area contributed by atoms with Gasteiger partial charge in [-0.1, -0.05) is 29.4 Å². The molecule has 1 aromatic heterocycles. The zero-order chi connectivity index (χ0) is 14.7. The van der Waals surface area contributed by atoms with Crippen molar-refractivity contribution in [1.82, 2.24) is 4.98 Å². The van der Waals surface area contributed by atoms with E-state index in [9.17, 15) is 0 Å². The summed E-state index contributed by atoms with van der Waals surface area (Å²) in [5.74, 6) is 0. The van der Waals surface area contributed by atoms with E-state index in [1.807, 2.05) is 50.5 Å². The van der Waals surface area contributed by atoms with E-state index in [4.69, 9.17) is 4.42 Å². The van der Waals surface area contributed by atoms with Crippen LogP contribution in [0.3, 0.4) is 0 Å². The Hall–Kier alpha value is -2.69. The van der Waals surface area contributed by atoms with Crippen molar-refractivity contribution < 1.29 is 4.42 Å². The van der Waals surface area contributed by atoms with Crippen molar-refractivity contribution in [3.05, 3.63) is 54.1 Å². The highest BCUT2D eigenvalue weighted by Crippen LogP contribution is 2.21. The minimum atomic E-state index is 0.293. The lowest BCUT2D eigenvalue weighted by Gasteiger charge is -2.11. The normalized spacial score (nSPS) is 11.3. The second-order valence-electron chi connectivity index (χ2n) is 4.92. The van der Waals surface area contributed by atoms with E-state index in [0.717, 1.165) is 22.4 Å². The van der Waals surface area contributed by atoms with E-state index in [0.29, 0.717) is 12.6 Å². The third kappa shape index (κ3) is 3.08. The number of aromatic nitrogens is 1. The minimum Gasteiger partial charge on any atom is -0.421 e. The quantitative estimate of drug-likeness (QED) is 0.674. The molecule has 0 aliphatic carbocycles. The van der Waals surface area contributed by atoms with Crippen molar-refractivity contribution in [2.24, 2.45) is 10.2 Å². The first-order valence-corrected chi connectivity index (χ1v) is 6.72. The van der Waals surface area contributed by atoms with Crippen LogP contribution in [-0.4, -0.2) is 19.1 Å². The van der Waals surface area contributed by atoms with Gasteiger partial charge in [-0.15, -0.1) is 0 Å². The van der Waals surface area contributed by atoms with Gasteiger partial charge in [0, 0.05) is 19.8 Å². The van der Waals surface area contributed by atoms with Crippen molar-refractivity contribution in [3.63, 3.8) is 0 Å². The number of nitrogens with zero attached hydrogens (tertiary/aromatic N) is 4. The predicted molar refractivity (Wildman–Crippen MR) is 83.0 cm³/mol. The van der Waals surface area contributed by atoms with Gasteiger partial charge in [0.2, 0.25) is 0 Å². The number of rotatable bonds is 4. The average molecular weight is 280 g/mol. The topological polar surface area (TPSA) is 54.0 Å². The summed E-state index contributed by atoms with van der Waals surface area (Å²) in [5, 5.41) is 8.17. The van der Waals surface area contributed by atoms with Crippen LogP contribution in [0.15, 0.2) is 63.2 Å². The van der Waals surface area contributed by atoms with Crippen LogP contribution in [0.1, 0.15) is 5.56 Å². The lowest BCUT2D eigenvalue weighted by molar-refractivity contribution is 0.602. The molecule has 21 heavy (non-hydrogen) atoms. The monoisotopic (exact) mass is 280 g/mol. The van der Waals surface area contributed by atoms with Gasteiger partial charge >= 0.3 is 6.01 Å². The number of hydrogen-bond acceptors (Lipinski definition) is 5. The number of hydrogen-bond donors (Lipinski definition) is 0. The number of benzene rings is 2. The largest absolute Gasteiger partial charge is 0.421 e. The molecule has 0 aliphatic heterocycles. The summed E-state index contributed by atoms with van der Waals surface area (Å²) in [5.41, 5.74) is 3.78. The van der Waals surface area contributed by atoms with E-state index in [1.54, 1.807) is 0 Å². The maximum absolute atomic E-state index is 5.48. The molecule has 2 aromatic carbocycles. The second kappa shape index (κ2) is 5.75. The fraction of sp³-hybridized carbons (Fsp3) is 0.188. The third-order valence-electron chi connectivity index (χ3n) is 3.14. The summed E-state index contributed by atoms with van der Waals surface area (Å²) >= 11 is 0. The highest BCUT2D eigenvalue weighted by atomic mass is 16.4. The molecular formula is C16H16N4O. The van der Waals surface area contributed by atoms with Gasteiger partial charge in [0.1, 0.15) is 5.52 Å². The molecule has 5 nitrogen and oxygen atoms in total. The summed E-state index contributed by atoms with van der Waals surface area (Å²) in [4.78, 5) is 6.31. The Morgan fingerprint density at radius 2 is 1.81 bits per heavy atom. The maximum atomic E-state index is 5.48. The van der Waals surface area contributed by atoms with Gasteiger partial charge < -0.3 is 9.32 Å². The Morgan fingerprint density at radius 1 is 1.05 bits per heavy atom. The maximum Gasteiger partial charge on any atom is 0.341 e. The SMILES string of the molecule is CN(C)c1ccc(CN=Nc2nc3ccccc3o2)cc1. The Kier molecular flexibility index (Phi) is 3.64. The number of azo groups is 1. The van der Waals surface area contributed by atoms with Crippen molar-refractivity contribution in [3.8, 4) is 0 Å². The zero-order valence-corrected chi connectivity index (χ0v) is 12.0. The van der Waals surface area contributed by atoms with E-state index in [-0.39, 0.29) is 0 Å².